The zero-order valence-electron chi connectivity index (χ0n) is 9.05. The van der Waals surface area contributed by atoms with Crippen molar-refractivity contribution < 1.29 is 4.39 Å². The van der Waals surface area contributed by atoms with Crippen molar-refractivity contribution in [2.75, 3.05) is 13.1 Å². The molecule has 1 saturated heterocycles. The molecular weight excluding hydrogens is 167 g/mol. The van der Waals surface area contributed by atoms with Crippen LogP contribution in [-0.4, -0.2) is 42.3 Å². The Labute approximate surface area is 80.5 Å². The number of nitrogens with one attached hydrogen (secondary N) is 1. The number of hydrogen-bond acceptors (Lipinski definition) is 2. The van der Waals surface area contributed by atoms with Crippen molar-refractivity contribution in [2.45, 2.75) is 52.0 Å². The summed E-state index contributed by atoms with van der Waals surface area (Å²) in [7, 11) is 0. The summed E-state index contributed by atoms with van der Waals surface area (Å²) >= 11 is 0. The van der Waals surface area contributed by atoms with Gasteiger partial charge in [0.05, 0.1) is 6.04 Å². The fourth-order valence-corrected chi connectivity index (χ4v) is 2.29. The van der Waals surface area contributed by atoms with Gasteiger partial charge in [-0.15, -0.1) is 0 Å². The third-order valence-corrected chi connectivity index (χ3v) is 2.69. The molecule has 0 bridgehead atoms. The van der Waals surface area contributed by atoms with E-state index in [1.807, 2.05) is 0 Å². The lowest BCUT2D eigenvalue weighted by Gasteiger charge is -2.36. The van der Waals surface area contributed by atoms with E-state index < -0.39 is 6.17 Å². The summed E-state index contributed by atoms with van der Waals surface area (Å²) in [5.41, 5.74) is 0. The molecule has 0 amide bonds. The van der Waals surface area contributed by atoms with Crippen LogP contribution < -0.4 is 5.32 Å². The smallest absolute Gasteiger partial charge is 0.129 e. The van der Waals surface area contributed by atoms with Crippen LogP contribution in [0.5, 0.6) is 0 Å². The monoisotopic (exact) mass is 188 g/mol. The summed E-state index contributed by atoms with van der Waals surface area (Å²) in [6.45, 7) is 9.82. The predicted molar refractivity (Wildman–Crippen MR) is 53.7 cm³/mol. The van der Waals surface area contributed by atoms with Gasteiger partial charge in [0.2, 0.25) is 0 Å². The van der Waals surface area contributed by atoms with Gasteiger partial charge in [-0.1, -0.05) is 0 Å². The van der Waals surface area contributed by atoms with Crippen LogP contribution in [0.15, 0.2) is 0 Å². The van der Waals surface area contributed by atoms with Gasteiger partial charge in [0.25, 0.3) is 0 Å². The van der Waals surface area contributed by atoms with Crippen molar-refractivity contribution in [3.05, 3.63) is 0 Å². The van der Waals surface area contributed by atoms with Gasteiger partial charge in [-0.05, 0) is 27.7 Å². The van der Waals surface area contributed by atoms with Crippen LogP contribution >= 0.6 is 0 Å². The van der Waals surface area contributed by atoms with E-state index in [0.29, 0.717) is 18.6 Å². The maximum Gasteiger partial charge on any atom is 0.129 e. The number of hydrogen-bond donors (Lipinski definition) is 1. The predicted octanol–water partition coefficient (Wildman–Crippen LogP) is 1.42. The Balaban J connectivity index is 2.63. The summed E-state index contributed by atoms with van der Waals surface area (Å²) in [6.07, 6.45) is -0.704. The second-order valence-electron chi connectivity index (χ2n) is 4.38. The Hall–Kier alpha value is -0.150. The van der Waals surface area contributed by atoms with Gasteiger partial charge >= 0.3 is 0 Å². The molecule has 1 fully saturated rings. The number of alkyl halides is 1. The van der Waals surface area contributed by atoms with Crippen molar-refractivity contribution in [3.8, 4) is 0 Å². The van der Waals surface area contributed by atoms with Gasteiger partial charge in [0, 0.05) is 25.2 Å². The summed E-state index contributed by atoms with van der Waals surface area (Å²) in [6, 6.07) is 0.909. The molecule has 1 aliphatic rings. The van der Waals surface area contributed by atoms with Crippen LogP contribution in [0, 0.1) is 0 Å². The Morgan fingerprint density at radius 3 is 2.00 bits per heavy atom. The van der Waals surface area contributed by atoms with Crippen LogP contribution in [0.1, 0.15) is 27.7 Å². The molecule has 78 valence electrons. The molecule has 2 nitrogen and oxygen atoms in total. The minimum atomic E-state index is -0.704. The van der Waals surface area contributed by atoms with Gasteiger partial charge in [0.1, 0.15) is 6.17 Å². The summed E-state index contributed by atoms with van der Waals surface area (Å²) in [4.78, 5) is 2.25. The molecule has 0 saturated carbocycles. The number of rotatable bonds is 3. The number of nitrogens with zero attached hydrogens (tertiary/aromatic N) is 1. The normalized spacial score (nSPS) is 29.5. The molecule has 1 heterocycles. The van der Waals surface area contributed by atoms with Crippen LogP contribution in [0.3, 0.4) is 0 Å². The molecule has 3 heteroatoms. The Bertz CT molecular complexity index is 151. The largest absolute Gasteiger partial charge is 0.312 e. The molecule has 0 radical (unpaired) electrons. The highest BCUT2D eigenvalue weighted by atomic mass is 19.1. The van der Waals surface area contributed by atoms with Gasteiger partial charge in [-0.3, -0.25) is 4.90 Å². The first kappa shape index (κ1) is 10.9. The molecule has 2 atom stereocenters. The molecule has 13 heavy (non-hydrogen) atoms. The van der Waals surface area contributed by atoms with Crippen LogP contribution in [0.2, 0.25) is 0 Å². The van der Waals surface area contributed by atoms with E-state index in [0.717, 1.165) is 6.54 Å². The van der Waals surface area contributed by atoms with Crippen molar-refractivity contribution in [3.63, 3.8) is 0 Å². The first-order chi connectivity index (χ1) is 6.04. The van der Waals surface area contributed by atoms with Crippen LogP contribution in [0.25, 0.3) is 0 Å². The number of halogens is 1. The Morgan fingerprint density at radius 2 is 1.69 bits per heavy atom. The van der Waals surface area contributed by atoms with Crippen LogP contribution in [-0.2, 0) is 0 Å². The zero-order valence-corrected chi connectivity index (χ0v) is 9.05. The van der Waals surface area contributed by atoms with Gasteiger partial charge < -0.3 is 5.32 Å². The van der Waals surface area contributed by atoms with E-state index in [-0.39, 0.29) is 6.04 Å². The van der Waals surface area contributed by atoms with E-state index in [1.165, 1.54) is 0 Å². The third kappa shape index (κ3) is 2.41. The highest BCUT2D eigenvalue weighted by Crippen LogP contribution is 2.18. The Morgan fingerprint density at radius 1 is 1.15 bits per heavy atom. The molecule has 0 aromatic heterocycles. The third-order valence-electron chi connectivity index (χ3n) is 2.69. The summed E-state index contributed by atoms with van der Waals surface area (Å²) in [5.74, 6) is 0. The molecule has 1 rings (SSSR count). The van der Waals surface area contributed by atoms with Gasteiger partial charge in [-0.2, -0.15) is 0 Å². The average Bonchev–Trinajstić information content (AvgIpc) is 2.35. The van der Waals surface area contributed by atoms with E-state index in [4.69, 9.17) is 0 Å². The molecule has 0 aromatic rings. The summed E-state index contributed by atoms with van der Waals surface area (Å²) in [5, 5.41) is 3.10. The standard InChI is InChI=1S/C10H21FN2/c1-7(2)13(8(3)4)10-6-12-5-9(10)11/h7-10,12H,5-6H2,1-4H3. The second-order valence-corrected chi connectivity index (χ2v) is 4.38. The fraction of sp³-hybridized carbons (Fsp3) is 1.00. The Kier molecular flexibility index (Phi) is 3.68. The first-order valence-electron chi connectivity index (χ1n) is 5.16. The minimum absolute atomic E-state index is 0.0694. The molecule has 2 unspecified atom stereocenters. The van der Waals surface area contributed by atoms with Crippen molar-refractivity contribution >= 4 is 0 Å². The first-order valence-corrected chi connectivity index (χ1v) is 5.16. The molecule has 0 aliphatic carbocycles. The highest BCUT2D eigenvalue weighted by Gasteiger charge is 2.34. The van der Waals surface area contributed by atoms with E-state index in [9.17, 15) is 4.39 Å². The maximum absolute atomic E-state index is 13.5. The second kappa shape index (κ2) is 4.38. The molecule has 1 N–H and O–H groups in total. The van der Waals surface area contributed by atoms with Crippen LogP contribution in [0.4, 0.5) is 4.39 Å². The quantitative estimate of drug-likeness (QED) is 0.720. The SMILES string of the molecule is CC(C)N(C(C)C)C1CNCC1F. The minimum Gasteiger partial charge on any atom is -0.312 e. The lowest BCUT2D eigenvalue weighted by Crippen LogP contribution is -2.49. The maximum atomic E-state index is 13.5. The van der Waals surface area contributed by atoms with Gasteiger partial charge in [0.15, 0.2) is 0 Å². The summed E-state index contributed by atoms with van der Waals surface area (Å²) < 4.78 is 13.5. The molecule has 0 aromatic carbocycles. The van der Waals surface area contributed by atoms with E-state index in [1.54, 1.807) is 0 Å². The van der Waals surface area contributed by atoms with E-state index in [2.05, 4.69) is 37.9 Å². The topological polar surface area (TPSA) is 15.3 Å². The molecular formula is C10H21FN2. The highest BCUT2D eigenvalue weighted by molar-refractivity contribution is 4.91. The van der Waals surface area contributed by atoms with Crippen molar-refractivity contribution in [1.82, 2.24) is 10.2 Å². The van der Waals surface area contributed by atoms with E-state index >= 15 is 0 Å². The van der Waals surface area contributed by atoms with Crippen molar-refractivity contribution in [2.24, 2.45) is 0 Å². The lowest BCUT2D eigenvalue weighted by molar-refractivity contribution is 0.0807. The zero-order chi connectivity index (χ0) is 10.0. The molecule has 1 aliphatic heterocycles. The fourth-order valence-electron chi connectivity index (χ4n) is 2.29. The molecule has 0 spiro atoms. The average molecular weight is 188 g/mol. The van der Waals surface area contributed by atoms with Gasteiger partial charge in [-0.25, -0.2) is 4.39 Å². The lowest BCUT2D eigenvalue weighted by atomic mass is 10.1. The van der Waals surface area contributed by atoms with Crippen molar-refractivity contribution in [1.29, 1.82) is 0 Å².